The molecule has 0 radical (unpaired) electrons. The number of ether oxygens (including phenoxy) is 1. The molecule has 0 saturated carbocycles. The van der Waals surface area contributed by atoms with E-state index in [1.807, 2.05) is 11.7 Å². The molecule has 10 heavy (non-hydrogen) atoms. The van der Waals surface area contributed by atoms with Crippen molar-refractivity contribution >= 4 is 0 Å². The van der Waals surface area contributed by atoms with Crippen LogP contribution in [0.2, 0.25) is 0 Å². The van der Waals surface area contributed by atoms with Crippen molar-refractivity contribution in [1.82, 2.24) is 9.78 Å². The van der Waals surface area contributed by atoms with Crippen molar-refractivity contribution in [2.24, 2.45) is 7.05 Å². The summed E-state index contributed by atoms with van der Waals surface area (Å²) in [5.74, 6) is 0.966. The quantitative estimate of drug-likeness (QED) is 0.529. The van der Waals surface area contributed by atoms with E-state index in [4.69, 9.17) is 4.74 Å². The molecule has 0 spiro atoms. The molecule has 0 bridgehead atoms. The number of hydrogen-bond donors (Lipinski definition) is 0. The maximum absolute atomic E-state index is 5.36. The van der Waals surface area contributed by atoms with Crippen LogP contribution >= 0.6 is 0 Å². The van der Waals surface area contributed by atoms with E-state index in [1.54, 1.807) is 6.20 Å². The third kappa shape index (κ3) is 0.701. The molecule has 0 N–H and O–H groups in total. The Morgan fingerprint density at radius 1 is 1.70 bits per heavy atom. The monoisotopic (exact) mass is 138 g/mol. The van der Waals surface area contributed by atoms with Crippen molar-refractivity contribution in [2.75, 3.05) is 6.61 Å². The highest BCUT2D eigenvalue weighted by Crippen LogP contribution is 2.22. The Balaban J connectivity index is 2.45. The van der Waals surface area contributed by atoms with Gasteiger partial charge in [-0.25, -0.2) is 0 Å². The molecule has 1 aliphatic rings. The summed E-state index contributed by atoms with van der Waals surface area (Å²) in [5, 5.41) is 4.09. The minimum atomic E-state index is 0.846. The normalized spacial score (nSPS) is 16.1. The maximum atomic E-state index is 5.36. The lowest BCUT2D eigenvalue weighted by Gasteiger charge is -2.12. The summed E-state index contributed by atoms with van der Waals surface area (Å²) in [6, 6.07) is 0. The van der Waals surface area contributed by atoms with Gasteiger partial charge >= 0.3 is 0 Å². The third-order valence-electron chi connectivity index (χ3n) is 1.84. The molecule has 2 heterocycles. The molecule has 1 aromatic heterocycles. The van der Waals surface area contributed by atoms with Crippen molar-refractivity contribution in [3.05, 3.63) is 11.9 Å². The molecule has 1 aliphatic heterocycles. The van der Waals surface area contributed by atoms with Crippen LogP contribution in [-0.4, -0.2) is 16.4 Å². The summed E-state index contributed by atoms with van der Waals surface area (Å²) in [4.78, 5) is 0. The molecular weight excluding hydrogens is 128 g/mol. The fraction of sp³-hybridized carbons (Fsp3) is 0.571. The Labute approximate surface area is 59.6 Å². The van der Waals surface area contributed by atoms with Gasteiger partial charge in [0, 0.05) is 7.05 Å². The highest BCUT2D eigenvalue weighted by atomic mass is 16.5. The smallest absolute Gasteiger partial charge is 0.160 e. The lowest BCUT2D eigenvalue weighted by molar-refractivity contribution is 0.285. The minimum Gasteiger partial charge on any atom is -0.490 e. The van der Waals surface area contributed by atoms with Crippen molar-refractivity contribution < 1.29 is 4.74 Å². The van der Waals surface area contributed by atoms with Crippen LogP contribution in [0.15, 0.2) is 6.20 Å². The first-order valence-electron chi connectivity index (χ1n) is 3.51. The topological polar surface area (TPSA) is 27.1 Å². The lowest BCUT2D eigenvalue weighted by atomic mass is 10.2. The van der Waals surface area contributed by atoms with Crippen molar-refractivity contribution in [3.8, 4) is 5.75 Å². The summed E-state index contributed by atoms with van der Waals surface area (Å²) in [6.07, 6.45) is 4.01. The summed E-state index contributed by atoms with van der Waals surface area (Å²) in [7, 11) is 1.95. The molecule has 0 unspecified atom stereocenters. The molecule has 0 saturated heterocycles. The number of aryl methyl sites for hydroxylation is 1. The van der Waals surface area contributed by atoms with E-state index in [2.05, 4.69) is 5.10 Å². The number of rotatable bonds is 0. The minimum absolute atomic E-state index is 0.846. The second-order valence-corrected chi connectivity index (χ2v) is 2.53. The summed E-state index contributed by atoms with van der Waals surface area (Å²) < 4.78 is 7.24. The fourth-order valence-corrected chi connectivity index (χ4v) is 1.27. The zero-order chi connectivity index (χ0) is 6.97. The standard InChI is InChI=1S/C7H10N2O/c1-9-6-3-2-4-10-7(6)5-8-9/h5H,2-4H2,1H3. The summed E-state index contributed by atoms with van der Waals surface area (Å²) >= 11 is 0. The van der Waals surface area contributed by atoms with Gasteiger partial charge in [0.2, 0.25) is 0 Å². The Morgan fingerprint density at radius 2 is 2.60 bits per heavy atom. The Kier molecular flexibility index (Phi) is 1.16. The first-order chi connectivity index (χ1) is 4.88. The van der Waals surface area contributed by atoms with E-state index >= 15 is 0 Å². The SMILES string of the molecule is Cn1ncc2c1CCCO2. The lowest BCUT2D eigenvalue weighted by Crippen LogP contribution is -2.09. The van der Waals surface area contributed by atoms with Crippen molar-refractivity contribution in [2.45, 2.75) is 12.8 Å². The highest BCUT2D eigenvalue weighted by Gasteiger charge is 2.13. The summed E-state index contributed by atoms with van der Waals surface area (Å²) in [6.45, 7) is 0.846. The largest absolute Gasteiger partial charge is 0.490 e. The zero-order valence-electron chi connectivity index (χ0n) is 6.00. The van der Waals surface area contributed by atoms with Crippen LogP contribution in [-0.2, 0) is 13.5 Å². The molecule has 0 aliphatic carbocycles. The van der Waals surface area contributed by atoms with E-state index in [0.29, 0.717) is 0 Å². The molecular formula is C7H10N2O. The van der Waals surface area contributed by atoms with Crippen LogP contribution in [0, 0.1) is 0 Å². The molecule has 0 atom stereocenters. The van der Waals surface area contributed by atoms with E-state index < -0.39 is 0 Å². The second-order valence-electron chi connectivity index (χ2n) is 2.53. The molecule has 2 rings (SSSR count). The number of aromatic nitrogens is 2. The Morgan fingerprint density at radius 3 is 3.40 bits per heavy atom. The number of nitrogens with zero attached hydrogens (tertiary/aromatic N) is 2. The zero-order valence-corrected chi connectivity index (χ0v) is 6.00. The number of fused-ring (bicyclic) bond motifs is 1. The maximum Gasteiger partial charge on any atom is 0.160 e. The van der Waals surface area contributed by atoms with Crippen LogP contribution in [0.1, 0.15) is 12.1 Å². The average molecular weight is 138 g/mol. The Bertz CT molecular complexity index is 242. The average Bonchev–Trinajstić information content (AvgIpc) is 2.34. The van der Waals surface area contributed by atoms with Gasteiger partial charge in [-0.1, -0.05) is 0 Å². The molecule has 0 aromatic carbocycles. The van der Waals surface area contributed by atoms with Crippen LogP contribution in [0.4, 0.5) is 0 Å². The van der Waals surface area contributed by atoms with Gasteiger partial charge < -0.3 is 4.74 Å². The van der Waals surface area contributed by atoms with Gasteiger partial charge in [0.05, 0.1) is 18.5 Å². The van der Waals surface area contributed by atoms with E-state index in [0.717, 1.165) is 25.2 Å². The second kappa shape index (κ2) is 2.01. The van der Waals surface area contributed by atoms with Crippen molar-refractivity contribution in [1.29, 1.82) is 0 Å². The third-order valence-corrected chi connectivity index (χ3v) is 1.84. The molecule has 0 fully saturated rings. The number of hydrogen-bond acceptors (Lipinski definition) is 2. The van der Waals surface area contributed by atoms with Gasteiger partial charge in [0.25, 0.3) is 0 Å². The molecule has 54 valence electrons. The van der Waals surface area contributed by atoms with Crippen LogP contribution in [0.3, 0.4) is 0 Å². The van der Waals surface area contributed by atoms with Gasteiger partial charge in [-0.3, -0.25) is 4.68 Å². The van der Waals surface area contributed by atoms with E-state index in [-0.39, 0.29) is 0 Å². The molecule has 0 amide bonds. The molecule has 3 nitrogen and oxygen atoms in total. The van der Waals surface area contributed by atoms with E-state index in [1.165, 1.54) is 5.69 Å². The fourth-order valence-electron chi connectivity index (χ4n) is 1.27. The first-order valence-corrected chi connectivity index (χ1v) is 3.51. The van der Waals surface area contributed by atoms with Gasteiger partial charge in [-0.05, 0) is 12.8 Å². The van der Waals surface area contributed by atoms with Gasteiger partial charge in [0.1, 0.15) is 0 Å². The van der Waals surface area contributed by atoms with Gasteiger partial charge in [-0.15, -0.1) is 0 Å². The predicted molar refractivity (Wildman–Crippen MR) is 37.0 cm³/mol. The van der Waals surface area contributed by atoms with Gasteiger partial charge in [-0.2, -0.15) is 5.10 Å². The Hall–Kier alpha value is -0.990. The summed E-state index contributed by atoms with van der Waals surface area (Å²) in [5.41, 5.74) is 1.23. The van der Waals surface area contributed by atoms with Crippen LogP contribution < -0.4 is 4.74 Å². The van der Waals surface area contributed by atoms with Crippen LogP contribution in [0.25, 0.3) is 0 Å². The van der Waals surface area contributed by atoms with Crippen LogP contribution in [0.5, 0.6) is 5.75 Å². The van der Waals surface area contributed by atoms with E-state index in [9.17, 15) is 0 Å². The highest BCUT2D eigenvalue weighted by molar-refractivity contribution is 5.26. The van der Waals surface area contributed by atoms with Gasteiger partial charge in [0.15, 0.2) is 5.75 Å². The molecule has 3 heteroatoms. The molecule has 1 aromatic rings. The van der Waals surface area contributed by atoms with Crippen molar-refractivity contribution in [3.63, 3.8) is 0 Å². The first kappa shape index (κ1) is 5.77. The predicted octanol–water partition coefficient (Wildman–Crippen LogP) is 0.745.